The second kappa shape index (κ2) is 7.88. The number of nitrogens with two attached hydrogens (primary N) is 1. The maximum absolute atomic E-state index is 13.2. The van der Waals surface area contributed by atoms with Crippen LogP contribution in [-0.2, 0) is 27.3 Å². The van der Waals surface area contributed by atoms with Gasteiger partial charge in [-0.15, -0.1) is 0 Å². The molecule has 1 aliphatic heterocycles. The van der Waals surface area contributed by atoms with E-state index in [0.29, 0.717) is 12.2 Å². The van der Waals surface area contributed by atoms with Gasteiger partial charge in [0.15, 0.2) is 0 Å². The molecule has 1 saturated heterocycles. The predicted octanol–water partition coefficient (Wildman–Crippen LogP) is 3.38. The van der Waals surface area contributed by atoms with Crippen LogP contribution in [-0.4, -0.2) is 33.6 Å². The van der Waals surface area contributed by atoms with E-state index in [1.165, 1.54) is 0 Å². The molecule has 6 nitrogen and oxygen atoms in total. The first-order chi connectivity index (χ1) is 14.5. The largest absolute Gasteiger partial charge is 0.390 e. The number of hydrogen-bond donors (Lipinski definition) is 1. The van der Waals surface area contributed by atoms with Crippen LogP contribution < -0.4 is 9.32 Å². The first-order valence-electron chi connectivity index (χ1n) is 10.4. The monoisotopic (exact) mass is 458 g/mol. The van der Waals surface area contributed by atoms with Gasteiger partial charge in [-0.05, 0) is 66.7 Å². The van der Waals surface area contributed by atoms with E-state index in [1.54, 1.807) is 6.07 Å². The lowest BCUT2D eigenvalue weighted by atomic mass is 9.52. The van der Waals surface area contributed by atoms with E-state index in [1.807, 2.05) is 19.1 Å². The summed E-state index contributed by atoms with van der Waals surface area (Å²) < 4.78 is 54.2. The molecule has 170 valence electrons. The molecule has 31 heavy (non-hydrogen) atoms. The number of aryl methyl sites for hydroxylation is 1. The number of halogens is 3. The van der Waals surface area contributed by atoms with E-state index >= 15 is 0 Å². The summed E-state index contributed by atoms with van der Waals surface area (Å²) in [5.41, 5.74) is 1.39. The Morgan fingerprint density at radius 2 is 2.03 bits per heavy atom. The zero-order chi connectivity index (χ0) is 22.6. The van der Waals surface area contributed by atoms with Gasteiger partial charge in [0, 0.05) is 13.0 Å². The van der Waals surface area contributed by atoms with Crippen molar-refractivity contribution in [3.8, 4) is 5.75 Å². The molecule has 1 heterocycles. The van der Waals surface area contributed by atoms with Crippen molar-refractivity contribution < 1.29 is 31.2 Å². The fraction of sp³-hybridized carbons (Fsp3) is 0.619. The summed E-state index contributed by atoms with van der Waals surface area (Å²) in [6.07, 6.45) is -2.75. The number of carbonyl (C=O) groups excluding carboxylic acids is 2. The minimum Gasteiger partial charge on any atom is -0.389 e. The summed E-state index contributed by atoms with van der Waals surface area (Å²) in [5.74, 6) is -0.439. The number of fused-ring (bicyclic) bond motifs is 5. The second-order valence-corrected chi connectivity index (χ2v) is 9.68. The number of amides is 2. The van der Waals surface area contributed by atoms with Crippen LogP contribution in [0.25, 0.3) is 0 Å². The first kappa shape index (κ1) is 22.3. The highest BCUT2D eigenvalue weighted by molar-refractivity contribution is 7.78. The normalized spacial score (nSPS) is 31.5. The highest BCUT2D eigenvalue weighted by Crippen LogP contribution is 2.58. The standard InChI is InChI=1S/C21H25F3N2O4S/c1-20-7-6-15-14-5-3-13(30-31(25)29)10-12(14)2-4-16(15)17(20)11-18(27)26(19(20)28)9-8-21(22,23)24/h3,5,10,15-17H,2,4,6-9,11,25H2,1H3/t15?,16?,17?,20-,31?/m0/s1. The van der Waals surface area contributed by atoms with Gasteiger partial charge in [-0.25, -0.2) is 5.14 Å². The molecule has 4 unspecified atom stereocenters. The number of carbonyl (C=O) groups is 2. The highest BCUT2D eigenvalue weighted by atomic mass is 32.2. The molecule has 2 aliphatic carbocycles. The minimum absolute atomic E-state index is 0.101. The van der Waals surface area contributed by atoms with Crippen LogP contribution in [0.3, 0.4) is 0 Å². The van der Waals surface area contributed by atoms with E-state index < -0.39 is 47.6 Å². The molecular weight excluding hydrogens is 433 g/mol. The van der Waals surface area contributed by atoms with Gasteiger partial charge in [-0.1, -0.05) is 13.0 Å². The number of rotatable bonds is 4. The molecule has 1 aromatic rings. The number of nitrogens with zero attached hydrogens (tertiary/aromatic N) is 1. The van der Waals surface area contributed by atoms with Gasteiger partial charge in [-0.2, -0.15) is 17.4 Å². The zero-order valence-electron chi connectivity index (χ0n) is 17.1. The molecule has 2 fully saturated rings. The van der Waals surface area contributed by atoms with E-state index in [2.05, 4.69) is 0 Å². The van der Waals surface area contributed by atoms with Crippen LogP contribution in [0.4, 0.5) is 13.2 Å². The van der Waals surface area contributed by atoms with Crippen LogP contribution in [0.5, 0.6) is 5.75 Å². The van der Waals surface area contributed by atoms with Gasteiger partial charge in [0.25, 0.3) is 11.3 Å². The fourth-order valence-electron chi connectivity index (χ4n) is 5.85. The van der Waals surface area contributed by atoms with Crippen LogP contribution in [0.2, 0.25) is 0 Å². The number of piperidine rings is 1. The number of hydrogen-bond acceptors (Lipinski definition) is 4. The van der Waals surface area contributed by atoms with Crippen molar-refractivity contribution in [1.82, 2.24) is 4.90 Å². The third-order valence-electron chi connectivity index (χ3n) is 7.31. The topological polar surface area (TPSA) is 89.7 Å². The van der Waals surface area contributed by atoms with Crippen molar-refractivity contribution >= 4 is 23.1 Å². The van der Waals surface area contributed by atoms with Crippen LogP contribution in [0, 0.1) is 17.3 Å². The summed E-state index contributed by atoms with van der Waals surface area (Å²) in [5, 5.41) is 5.20. The Bertz CT molecular complexity index is 938. The van der Waals surface area contributed by atoms with Crippen molar-refractivity contribution in [3.63, 3.8) is 0 Å². The SMILES string of the molecule is C[C@]12CCC3c4ccc(OS(N)=O)cc4CCC3C1CC(=O)N(CCC(F)(F)F)C2=O. The Morgan fingerprint density at radius 3 is 2.71 bits per heavy atom. The summed E-state index contributed by atoms with van der Waals surface area (Å²) in [6.45, 7) is 1.21. The van der Waals surface area contributed by atoms with E-state index in [4.69, 9.17) is 9.32 Å². The number of imide groups is 1. The molecule has 1 saturated carbocycles. The third-order valence-corrected chi connectivity index (χ3v) is 7.67. The van der Waals surface area contributed by atoms with Gasteiger partial charge in [0.05, 0.1) is 11.8 Å². The Kier molecular flexibility index (Phi) is 5.66. The molecule has 2 amide bonds. The first-order valence-corrected chi connectivity index (χ1v) is 11.5. The van der Waals surface area contributed by atoms with Gasteiger partial charge in [0.1, 0.15) is 5.75 Å². The van der Waals surface area contributed by atoms with Crippen molar-refractivity contribution in [2.75, 3.05) is 6.54 Å². The molecule has 2 N–H and O–H groups in total. The highest BCUT2D eigenvalue weighted by Gasteiger charge is 2.57. The summed E-state index contributed by atoms with van der Waals surface area (Å²) in [7, 11) is 0. The molecule has 0 spiro atoms. The zero-order valence-corrected chi connectivity index (χ0v) is 17.9. The van der Waals surface area contributed by atoms with Crippen LogP contribution >= 0.6 is 0 Å². The van der Waals surface area contributed by atoms with Gasteiger partial charge >= 0.3 is 6.18 Å². The number of benzene rings is 1. The summed E-state index contributed by atoms with van der Waals surface area (Å²) in [4.78, 5) is 26.7. The Labute approximate surface area is 181 Å². The van der Waals surface area contributed by atoms with Gasteiger partial charge in [0.2, 0.25) is 11.8 Å². The average Bonchev–Trinajstić information content (AvgIpc) is 2.67. The number of likely N-dealkylation sites (tertiary alicyclic amines) is 1. The summed E-state index contributed by atoms with van der Waals surface area (Å²) >= 11 is -1.91. The van der Waals surface area contributed by atoms with E-state index in [-0.39, 0.29) is 24.2 Å². The molecule has 10 heteroatoms. The van der Waals surface area contributed by atoms with Crippen LogP contribution in [0.1, 0.15) is 56.1 Å². The summed E-state index contributed by atoms with van der Waals surface area (Å²) in [6, 6.07) is 5.48. The maximum Gasteiger partial charge on any atom is 0.390 e. The van der Waals surface area contributed by atoms with Crippen molar-refractivity contribution in [2.45, 2.75) is 57.5 Å². The molecule has 4 rings (SSSR count). The lowest BCUT2D eigenvalue weighted by Crippen LogP contribution is -2.59. The van der Waals surface area contributed by atoms with Crippen molar-refractivity contribution in [3.05, 3.63) is 29.3 Å². The predicted molar refractivity (Wildman–Crippen MR) is 107 cm³/mol. The molecular formula is C21H25F3N2O4S. The van der Waals surface area contributed by atoms with Gasteiger partial charge in [-0.3, -0.25) is 14.5 Å². The van der Waals surface area contributed by atoms with Crippen molar-refractivity contribution in [2.24, 2.45) is 22.4 Å². The van der Waals surface area contributed by atoms with E-state index in [0.717, 1.165) is 35.3 Å². The fourth-order valence-corrected chi connectivity index (χ4v) is 6.15. The smallest absolute Gasteiger partial charge is 0.389 e. The second-order valence-electron chi connectivity index (χ2n) is 9.00. The lowest BCUT2D eigenvalue weighted by molar-refractivity contribution is -0.172. The average molecular weight is 459 g/mol. The van der Waals surface area contributed by atoms with E-state index in [9.17, 15) is 27.0 Å². The maximum atomic E-state index is 13.2. The van der Waals surface area contributed by atoms with Crippen LogP contribution in [0.15, 0.2) is 18.2 Å². The molecule has 5 atom stereocenters. The Balaban J connectivity index is 1.57. The molecule has 0 radical (unpaired) electrons. The molecule has 1 aromatic carbocycles. The van der Waals surface area contributed by atoms with Crippen molar-refractivity contribution in [1.29, 1.82) is 0 Å². The quantitative estimate of drug-likeness (QED) is 0.701. The Morgan fingerprint density at radius 1 is 1.29 bits per heavy atom. The third kappa shape index (κ3) is 4.11. The lowest BCUT2D eigenvalue weighted by Gasteiger charge is -2.54. The minimum atomic E-state index is -4.41. The molecule has 0 aromatic heterocycles. The molecule has 0 bridgehead atoms. The number of alkyl halides is 3. The Hall–Kier alpha value is -1.94. The molecule has 3 aliphatic rings. The van der Waals surface area contributed by atoms with Gasteiger partial charge < -0.3 is 4.18 Å².